The molecular weight excluding hydrogens is 218 g/mol. The second-order valence-corrected chi connectivity index (χ2v) is 5.50. The Balaban J connectivity index is 2.54. The van der Waals surface area contributed by atoms with Gasteiger partial charge in [-0.1, -0.05) is 33.1 Å². The molecule has 3 N–H and O–H groups in total. The van der Waals surface area contributed by atoms with Gasteiger partial charge in [-0.05, 0) is 25.2 Å². The summed E-state index contributed by atoms with van der Waals surface area (Å²) in [6.07, 6.45) is 5.13. The molecule has 0 aliphatic heterocycles. The van der Waals surface area contributed by atoms with E-state index in [1.54, 1.807) is 0 Å². The van der Waals surface area contributed by atoms with Crippen molar-refractivity contribution < 1.29 is 15.0 Å². The zero-order valence-electron chi connectivity index (χ0n) is 10.9. The smallest absolute Gasteiger partial charge is 0.320 e. The summed E-state index contributed by atoms with van der Waals surface area (Å²) in [5.41, 5.74) is 0. The number of carboxylic acids is 1. The highest BCUT2D eigenvalue weighted by molar-refractivity contribution is 5.73. The third kappa shape index (κ3) is 5.04. The maximum absolute atomic E-state index is 11.2. The number of hydrogen-bond acceptors (Lipinski definition) is 3. The Morgan fingerprint density at radius 3 is 2.53 bits per heavy atom. The van der Waals surface area contributed by atoms with Crippen LogP contribution in [-0.2, 0) is 4.79 Å². The lowest BCUT2D eigenvalue weighted by atomic mass is 10.00. The van der Waals surface area contributed by atoms with Crippen LogP contribution in [0.15, 0.2) is 0 Å². The second kappa shape index (κ2) is 6.97. The van der Waals surface area contributed by atoms with Crippen LogP contribution in [0.5, 0.6) is 0 Å². The zero-order chi connectivity index (χ0) is 12.8. The number of carbonyl (C=O) groups is 1. The van der Waals surface area contributed by atoms with Gasteiger partial charge in [-0.25, -0.2) is 0 Å². The van der Waals surface area contributed by atoms with Gasteiger partial charge in [0, 0.05) is 6.04 Å². The molecular formula is C13H25NO3. The molecule has 3 atom stereocenters. The van der Waals surface area contributed by atoms with Crippen molar-refractivity contribution in [1.29, 1.82) is 0 Å². The molecule has 0 aromatic carbocycles. The van der Waals surface area contributed by atoms with Gasteiger partial charge >= 0.3 is 5.97 Å². The van der Waals surface area contributed by atoms with Crippen LogP contribution in [0.1, 0.15) is 52.4 Å². The van der Waals surface area contributed by atoms with Crippen molar-refractivity contribution in [1.82, 2.24) is 5.32 Å². The number of hydrogen-bond donors (Lipinski definition) is 3. The molecule has 1 saturated carbocycles. The van der Waals surface area contributed by atoms with Crippen LogP contribution < -0.4 is 5.32 Å². The molecule has 0 bridgehead atoms. The van der Waals surface area contributed by atoms with Crippen LogP contribution in [0.4, 0.5) is 0 Å². The Hall–Kier alpha value is -0.610. The number of aliphatic hydroxyl groups is 1. The number of nitrogens with one attached hydrogen (secondary N) is 1. The first-order valence-electron chi connectivity index (χ1n) is 6.67. The van der Waals surface area contributed by atoms with E-state index in [4.69, 9.17) is 5.11 Å². The van der Waals surface area contributed by atoms with Crippen molar-refractivity contribution in [3.8, 4) is 0 Å². The molecule has 0 aromatic heterocycles. The van der Waals surface area contributed by atoms with Gasteiger partial charge in [0.25, 0.3) is 0 Å². The Morgan fingerprint density at radius 1 is 1.29 bits per heavy atom. The monoisotopic (exact) mass is 243 g/mol. The summed E-state index contributed by atoms with van der Waals surface area (Å²) in [4.78, 5) is 11.2. The molecule has 3 unspecified atom stereocenters. The van der Waals surface area contributed by atoms with E-state index < -0.39 is 18.1 Å². The van der Waals surface area contributed by atoms with Gasteiger partial charge < -0.3 is 10.2 Å². The average Bonchev–Trinajstić information content (AvgIpc) is 2.42. The first-order valence-corrected chi connectivity index (χ1v) is 6.67. The lowest BCUT2D eigenvalue weighted by molar-refractivity contribution is -0.140. The lowest BCUT2D eigenvalue weighted by Gasteiger charge is -2.26. The minimum absolute atomic E-state index is 0.0580. The Bertz CT molecular complexity index is 243. The van der Waals surface area contributed by atoms with E-state index in [0.29, 0.717) is 12.3 Å². The first-order chi connectivity index (χ1) is 8.00. The maximum atomic E-state index is 11.2. The normalized spacial score (nSPS) is 27.8. The molecule has 0 saturated heterocycles. The summed E-state index contributed by atoms with van der Waals surface area (Å²) in [5, 5.41) is 22.3. The van der Waals surface area contributed by atoms with Crippen LogP contribution in [0.2, 0.25) is 0 Å². The molecule has 1 aliphatic rings. The van der Waals surface area contributed by atoms with E-state index in [9.17, 15) is 9.90 Å². The van der Waals surface area contributed by atoms with Gasteiger partial charge in [0.15, 0.2) is 0 Å². The van der Waals surface area contributed by atoms with Crippen LogP contribution in [0.3, 0.4) is 0 Å². The third-order valence-electron chi connectivity index (χ3n) is 3.40. The molecule has 4 heteroatoms. The van der Waals surface area contributed by atoms with E-state index >= 15 is 0 Å². The van der Waals surface area contributed by atoms with Crippen molar-refractivity contribution in [3.05, 3.63) is 0 Å². The lowest BCUT2D eigenvalue weighted by Crippen LogP contribution is -2.48. The molecule has 4 nitrogen and oxygen atoms in total. The zero-order valence-corrected chi connectivity index (χ0v) is 10.9. The van der Waals surface area contributed by atoms with Gasteiger partial charge in [0.1, 0.15) is 6.04 Å². The second-order valence-electron chi connectivity index (χ2n) is 5.50. The van der Waals surface area contributed by atoms with Gasteiger partial charge in [-0.2, -0.15) is 0 Å². The summed E-state index contributed by atoms with van der Waals surface area (Å²) in [7, 11) is 0. The van der Waals surface area contributed by atoms with Crippen LogP contribution in [-0.4, -0.2) is 34.4 Å². The summed E-state index contributed by atoms with van der Waals surface area (Å²) in [6.45, 7) is 4.03. The maximum Gasteiger partial charge on any atom is 0.320 e. The van der Waals surface area contributed by atoms with Crippen LogP contribution in [0.25, 0.3) is 0 Å². The fourth-order valence-corrected chi connectivity index (χ4v) is 2.45. The molecule has 0 aromatic rings. The van der Waals surface area contributed by atoms with Crippen molar-refractivity contribution in [2.45, 2.75) is 70.6 Å². The SMILES string of the molecule is CC(C)CC(NC1CCCCCC1O)C(=O)O. The molecule has 17 heavy (non-hydrogen) atoms. The number of rotatable bonds is 5. The highest BCUT2D eigenvalue weighted by atomic mass is 16.4. The van der Waals surface area contributed by atoms with E-state index in [2.05, 4.69) is 5.32 Å². The largest absolute Gasteiger partial charge is 0.480 e. The standard InChI is InChI=1S/C13H25NO3/c1-9(2)8-11(13(16)17)14-10-6-4-3-5-7-12(10)15/h9-12,14-15H,3-8H2,1-2H3,(H,16,17). The molecule has 100 valence electrons. The summed E-state index contributed by atoms with van der Waals surface area (Å²) < 4.78 is 0. The molecule has 1 fully saturated rings. The Kier molecular flexibility index (Phi) is 5.92. The number of aliphatic hydroxyl groups excluding tert-OH is 1. The van der Waals surface area contributed by atoms with Crippen molar-refractivity contribution in [2.75, 3.05) is 0 Å². The molecule has 0 spiro atoms. The minimum atomic E-state index is -0.810. The van der Waals surface area contributed by atoms with Crippen molar-refractivity contribution in [3.63, 3.8) is 0 Å². The van der Waals surface area contributed by atoms with Gasteiger partial charge in [-0.3, -0.25) is 10.1 Å². The third-order valence-corrected chi connectivity index (χ3v) is 3.40. The molecule has 0 heterocycles. The van der Waals surface area contributed by atoms with E-state index in [0.717, 1.165) is 32.1 Å². The van der Waals surface area contributed by atoms with E-state index in [1.807, 2.05) is 13.8 Å². The predicted octanol–water partition coefficient (Wildman–Crippen LogP) is 1.77. The molecule has 1 aliphatic carbocycles. The van der Waals surface area contributed by atoms with Crippen LogP contribution in [0, 0.1) is 5.92 Å². The molecule has 0 amide bonds. The van der Waals surface area contributed by atoms with Crippen molar-refractivity contribution in [2.24, 2.45) is 5.92 Å². The minimum Gasteiger partial charge on any atom is -0.480 e. The average molecular weight is 243 g/mol. The molecule has 0 radical (unpaired) electrons. The van der Waals surface area contributed by atoms with Gasteiger partial charge in [0.2, 0.25) is 0 Å². The molecule has 1 rings (SSSR count). The highest BCUT2D eigenvalue weighted by Crippen LogP contribution is 2.19. The highest BCUT2D eigenvalue weighted by Gasteiger charge is 2.27. The van der Waals surface area contributed by atoms with Crippen LogP contribution >= 0.6 is 0 Å². The number of carboxylic acid groups (broad SMARTS) is 1. The van der Waals surface area contributed by atoms with Gasteiger partial charge in [-0.15, -0.1) is 0 Å². The fraction of sp³-hybridized carbons (Fsp3) is 0.923. The van der Waals surface area contributed by atoms with E-state index in [1.165, 1.54) is 0 Å². The van der Waals surface area contributed by atoms with Gasteiger partial charge in [0.05, 0.1) is 6.10 Å². The Morgan fingerprint density at radius 2 is 1.94 bits per heavy atom. The predicted molar refractivity (Wildman–Crippen MR) is 66.9 cm³/mol. The topological polar surface area (TPSA) is 69.6 Å². The Labute approximate surface area is 103 Å². The van der Waals surface area contributed by atoms with Crippen molar-refractivity contribution >= 4 is 5.97 Å². The first kappa shape index (κ1) is 14.5. The summed E-state index contributed by atoms with van der Waals surface area (Å²) >= 11 is 0. The fourth-order valence-electron chi connectivity index (χ4n) is 2.45. The number of aliphatic carboxylic acids is 1. The summed E-state index contributed by atoms with van der Waals surface area (Å²) in [6, 6.07) is -0.593. The quantitative estimate of drug-likeness (QED) is 0.644. The van der Waals surface area contributed by atoms with E-state index in [-0.39, 0.29) is 6.04 Å². The summed E-state index contributed by atoms with van der Waals surface area (Å²) in [5.74, 6) is -0.471.